The van der Waals surface area contributed by atoms with Gasteiger partial charge in [0.05, 0.1) is 29.8 Å². The zero-order valence-electron chi connectivity index (χ0n) is 32.4. The van der Waals surface area contributed by atoms with Crippen LogP contribution in [0.15, 0.2) is 42.5 Å². The highest BCUT2D eigenvalue weighted by Gasteiger charge is 2.48. The lowest BCUT2D eigenvalue weighted by molar-refractivity contribution is -0.136. The van der Waals surface area contributed by atoms with Crippen LogP contribution < -0.4 is 25.0 Å². The number of fused-ring (bicyclic) bond motifs is 4. The molecule has 0 bridgehead atoms. The predicted octanol–water partition coefficient (Wildman–Crippen LogP) is 4.53. The SMILES string of the molecule is N#Cc1ccc(OC2CCC(NC(=O)c3ccc(N4CCC(CN5CCC6(CC5)COc5c6ccc6c5CN([C@H]5CCC(=O)NC5=O)C6=O)CC4)nn3)CC2)cc1Cl. The van der Waals surface area contributed by atoms with Crippen LogP contribution >= 0.6 is 11.6 Å². The molecule has 2 aromatic carbocycles. The fraction of sp³-hybridized carbons (Fsp3) is 0.512. The van der Waals surface area contributed by atoms with Gasteiger partial charge in [0.15, 0.2) is 11.5 Å². The Morgan fingerprint density at radius 3 is 2.48 bits per heavy atom. The van der Waals surface area contributed by atoms with E-state index in [4.69, 9.17) is 26.3 Å². The van der Waals surface area contributed by atoms with Gasteiger partial charge in [-0.05, 0) is 107 Å². The first-order chi connectivity index (χ1) is 28.2. The van der Waals surface area contributed by atoms with Crippen molar-refractivity contribution in [2.75, 3.05) is 44.2 Å². The number of nitrogens with zero attached hydrogens (tertiary/aromatic N) is 6. The fourth-order valence-electron chi connectivity index (χ4n) is 9.82. The molecule has 4 amide bonds. The van der Waals surface area contributed by atoms with Crippen molar-refractivity contribution in [3.63, 3.8) is 0 Å². The number of halogens is 1. The lowest BCUT2D eigenvalue weighted by Gasteiger charge is -2.41. The number of hydrogen-bond acceptors (Lipinski definition) is 11. The third-order valence-corrected chi connectivity index (χ3v) is 13.6. The van der Waals surface area contributed by atoms with Crippen molar-refractivity contribution >= 4 is 41.0 Å². The van der Waals surface area contributed by atoms with Gasteiger partial charge in [-0.15, -0.1) is 10.2 Å². The number of aromatic nitrogens is 2. The van der Waals surface area contributed by atoms with Crippen molar-refractivity contribution < 1.29 is 28.7 Å². The van der Waals surface area contributed by atoms with Crippen molar-refractivity contribution in [1.29, 1.82) is 5.26 Å². The van der Waals surface area contributed by atoms with Gasteiger partial charge in [0, 0.05) is 60.3 Å². The third kappa shape index (κ3) is 7.46. The lowest BCUT2D eigenvalue weighted by atomic mass is 9.73. The van der Waals surface area contributed by atoms with Gasteiger partial charge in [-0.25, -0.2) is 0 Å². The second kappa shape index (κ2) is 15.8. The number of ether oxygens (including phenoxy) is 2. The molecule has 15 heteroatoms. The topological polar surface area (TPSA) is 170 Å². The van der Waals surface area contributed by atoms with Gasteiger partial charge >= 0.3 is 0 Å². The minimum absolute atomic E-state index is 0.0260. The first kappa shape index (κ1) is 38.3. The van der Waals surface area contributed by atoms with Crippen LogP contribution in [-0.2, 0) is 21.5 Å². The molecule has 9 rings (SSSR count). The minimum Gasteiger partial charge on any atom is -0.492 e. The molecule has 302 valence electrons. The molecule has 1 saturated carbocycles. The summed E-state index contributed by atoms with van der Waals surface area (Å²) in [6.45, 7) is 5.74. The zero-order valence-corrected chi connectivity index (χ0v) is 33.1. The number of hydrogen-bond donors (Lipinski definition) is 2. The number of nitrogens with one attached hydrogen (secondary N) is 2. The van der Waals surface area contributed by atoms with Crippen molar-refractivity contribution in [1.82, 2.24) is 30.6 Å². The molecule has 58 heavy (non-hydrogen) atoms. The Balaban J connectivity index is 0.714. The zero-order chi connectivity index (χ0) is 40.0. The maximum Gasteiger partial charge on any atom is 0.272 e. The van der Waals surface area contributed by atoms with E-state index in [1.807, 2.05) is 12.1 Å². The van der Waals surface area contributed by atoms with Crippen LogP contribution in [0.3, 0.4) is 0 Å². The summed E-state index contributed by atoms with van der Waals surface area (Å²) in [4.78, 5) is 57.1. The summed E-state index contributed by atoms with van der Waals surface area (Å²) < 4.78 is 12.5. The molecule has 6 aliphatic rings. The van der Waals surface area contributed by atoms with Gasteiger partial charge in [0.1, 0.15) is 23.6 Å². The number of carbonyl (C=O) groups excluding carboxylic acids is 4. The van der Waals surface area contributed by atoms with Gasteiger partial charge < -0.3 is 29.5 Å². The smallest absolute Gasteiger partial charge is 0.272 e. The van der Waals surface area contributed by atoms with Crippen LogP contribution in [0.1, 0.15) is 102 Å². The summed E-state index contributed by atoms with van der Waals surface area (Å²) in [5.74, 6) is 1.77. The standard InChI is InChI=1S/C43H47ClN8O6/c44-34-21-30(4-1-27(34)22-45)58-29-5-2-28(3-6-29)46-40(54)35-9-11-37(49-48-35)51-17-13-26(14-18-51)23-50-19-15-43(16-20-50)25-57-39-32-24-52(36-10-12-38(53)47-41(36)55)42(56)31(32)7-8-33(39)43/h1,4,7-9,11,21,26,28-29,36H,2-3,5-6,10,12-20,23-25H2,(H,46,54)(H,47,53,55)/t28?,29?,36-/m0/s1. The van der Waals surface area contributed by atoms with E-state index >= 15 is 0 Å². The van der Waals surface area contributed by atoms with Crippen LogP contribution in [0.2, 0.25) is 5.02 Å². The molecule has 3 saturated heterocycles. The minimum atomic E-state index is -0.639. The summed E-state index contributed by atoms with van der Waals surface area (Å²) in [6.07, 6.45) is 7.88. The van der Waals surface area contributed by atoms with Crippen molar-refractivity contribution in [3.05, 3.63) is 75.4 Å². The molecule has 0 unspecified atom stereocenters. The van der Waals surface area contributed by atoms with E-state index in [1.54, 1.807) is 29.2 Å². The Morgan fingerprint density at radius 1 is 0.983 bits per heavy atom. The quantitative estimate of drug-likeness (QED) is 0.307. The second-order valence-electron chi connectivity index (χ2n) is 16.8. The number of rotatable bonds is 8. The van der Waals surface area contributed by atoms with E-state index in [0.29, 0.717) is 53.1 Å². The molecular weight excluding hydrogens is 760 g/mol. The second-order valence-corrected chi connectivity index (χ2v) is 17.2. The maximum atomic E-state index is 13.4. The normalized spacial score (nSPS) is 24.5. The van der Waals surface area contributed by atoms with E-state index in [-0.39, 0.29) is 41.7 Å². The highest BCUT2D eigenvalue weighted by molar-refractivity contribution is 6.31. The molecule has 1 aromatic heterocycles. The number of anilines is 1. The number of likely N-dealkylation sites (tertiary alicyclic amines) is 1. The van der Waals surface area contributed by atoms with Gasteiger partial charge in [0.2, 0.25) is 11.8 Å². The Hall–Kier alpha value is -5.26. The Labute approximate surface area is 342 Å². The van der Waals surface area contributed by atoms with Gasteiger partial charge in [-0.1, -0.05) is 17.7 Å². The van der Waals surface area contributed by atoms with Crippen molar-refractivity contribution in [3.8, 4) is 17.6 Å². The summed E-state index contributed by atoms with van der Waals surface area (Å²) in [5, 5.41) is 23.7. The first-order valence-electron chi connectivity index (χ1n) is 20.6. The Morgan fingerprint density at radius 2 is 1.78 bits per heavy atom. The molecule has 2 N–H and O–H groups in total. The van der Waals surface area contributed by atoms with Gasteiger partial charge in [0.25, 0.3) is 11.8 Å². The molecule has 6 heterocycles. The average Bonchev–Trinajstić information content (AvgIpc) is 3.77. The Bertz CT molecular complexity index is 2150. The number of benzene rings is 2. The molecule has 3 aromatic rings. The average molecular weight is 807 g/mol. The van der Waals surface area contributed by atoms with Crippen LogP contribution in [0.4, 0.5) is 5.82 Å². The van der Waals surface area contributed by atoms with Gasteiger partial charge in [-0.3, -0.25) is 24.5 Å². The molecule has 5 aliphatic heterocycles. The number of piperidine rings is 3. The van der Waals surface area contributed by atoms with Crippen LogP contribution in [0.5, 0.6) is 11.5 Å². The maximum absolute atomic E-state index is 13.4. The van der Waals surface area contributed by atoms with E-state index in [9.17, 15) is 19.2 Å². The number of imide groups is 1. The summed E-state index contributed by atoms with van der Waals surface area (Å²) in [5.41, 5.74) is 3.31. The molecule has 4 fully saturated rings. The monoisotopic (exact) mass is 806 g/mol. The van der Waals surface area contributed by atoms with Crippen LogP contribution in [0, 0.1) is 17.2 Å². The third-order valence-electron chi connectivity index (χ3n) is 13.3. The summed E-state index contributed by atoms with van der Waals surface area (Å²) in [6, 6.07) is 14.2. The van der Waals surface area contributed by atoms with Gasteiger partial charge in [-0.2, -0.15) is 5.26 Å². The van der Waals surface area contributed by atoms with Crippen LogP contribution in [-0.4, -0.2) is 101 Å². The van der Waals surface area contributed by atoms with Crippen LogP contribution in [0.25, 0.3) is 0 Å². The molecule has 1 spiro atoms. The van der Waals surface area contributed by atoms with E-state index in [2.05, 4.69) is 42.8 Å². The van der Waals surface area contributed by atoms with E-state index in [1.165, 1.54) is 5.56 Å². The Kier molecular flexibility index (Phi) is 10.4. The van der Waals surface area contributed by atoms with Crippen molar-refractivity contribution in [2.45, 2.75) is 94.4 Å². The highest BCUT2D eigenvalue weighted by atomic mass is 35.5. The molecular formula is C43H47ClN8O6. The molecule has 1 atom stereocenters. The largest absolute Gasteiger partial charge is 0.492 e. The first-order valence-corrected chi connectivity index (χ1v) is 21.0. The summed E-state index contributed by atoms with van der Waals surface area (Å²) >= 11 is 6.15. The van der Waals surface area contributed by atoms with E-state index < -0.39 is 11.9 Å². The molecule has 14 nitrogen and oxygen atoms in total. The number of nitriles is 1. The number of amides is 4. The fourth-order valence-corrected chi connectivity index (χ4v) is 10.0. The van der Waals surface area contributed by atoms with E-state index in [0.717, 1.165) is 101 Å². The lowest BCUT2D eigenvalue weighted by Crippen LogP contribution is -2.52. The highest BCUT2D eigenvalue weighted by Crippen LogP contribution is 2.49. The molecule has 1 aliphatic carbocycles. The predicted molar refractivity (Wildman–Crippen MR) is 213 cm³/mol. The molecule has 0 radical (unpaired) electrons. The van der Waals surface area contributed by atoms with Crippen molar-refractivity contribution in [2.24, 2.45) is 5.92 Å². The number of carbonyl (C=O) groups is 4. The summed E-state index contributed by atoms with van der Waals surface area (Å²) in [7, 11) is 0.